The SMILES string of the molecule is Cc1noc(C2CCCN(Cn3nc4n(C)c(=O)c5ccccc5n4c3=S)C2)n1. The molecule has 29 heavy (non-hydrogen) atoms. The molecule has 3 aromatic heterocycles. The van der Waals surface area contributed by atoms with Crippen molar-refractivity contribution in [3.63, 3.8) is 0 Å². The van der Waals surface area contributed by atoms with Gasteiger partial charge in [0, 0.05) is 13.6 Å². The topological polar surface area (TPSA) is 86.4 Å². The maximum atomic E-state index is 12.7. The van der Waals surface area contributed by atoms with Crippen molar-refractivity contribution in [1.82, 2.24) is 33.8 Å². The Hall–Kier alpha value is -2.85. The van der Waals surface area contributed by atoms with E-state index in [2.05, 4.69) is 20.1 Å². The van der Waals surface area contributed by atoms with E-state index in [0.29, 0.717) is 34.3 Å². The summed E-state index contributed by atoms with van der Waals surface area (Å²) in [5.41, 5.74) is 0.699. The molecule has 0 saturated carbocycles. The largest absolute Gasteiger partial charge is 0.339 e. The first kappa shape index (κ1) is 18.2. The molecule has 4 aromatic rings. The number of likely N-dealkylation sites (tertiary alicyclic amines) is 1. The van der Waals surface area contributed by atoms with Crippen molar-refractivity contribution < 1.29 is 4.52 Å². The van der Waals surface area contributed by atoms with Gasteiger partial charge >= 0.3 is 0 Å². The van der Waals surface area contributed by atoms with Crippen LogP contribution in [0, 0.1) is 11.7 Å². The molecule has 1 aliphatic rings. The molecule has 10 heteroatoms. The fourth-order valence-electron chi connectivity index (χ4n) is 4.09. The van der Waals surface area contributed by atoms with Gasteiger partial charge < -0.3 is 4.52 Å². The molecular formula is C19H21N7O2S. The molecule has 1 fully saturated rings. The van der Waals surface area contributed by atoms with E-state index in [1.807, 2.05) is 35.6 Å². The monoisotopic (exact) mass is 411 g/mol. The quantitative estimate of drug-likeness (QED) is 0.478. The number of hydrogen-bond acceptors (Lipinski definition) is 7. The van der Waals surface area contributed by atoms with Crippen molar-refractivity contribution in [3.8, 4) is 0 Å². The molecule has 1 saturated heterocycles. The first-order valence-electron chi connectivity index (χ1n) is 9.63. The van der Waals surface area contributed by atoms with E-state index in [0.717, 1.165) is 31.4 Å². The normalized spacial score (nSPS) is 18.1. The van der Waals surface area contributed by atoms with Gasteiger partial charge in [-0.3, -0.25) is 18.7 Å². The first-order valence-corrected chi connectivity index (χ1v) is 10.0. The van der Waals surface area contributed by atoms with E-state index < -0.39 is 0 Å². The average molecular weight is 411 g/mol. The Labute approximate surface area is 171 Å². The molecule has 1 aromatic carbocycles. The van der Waals surface area contributed by atoms with Gasteiger partial charge in [0.05, 0.1) is 23.5 Å². The number of rotatable bonds is 3. The van der Waals surface area contributed by atoms with E-state index in [-0.39, 0.29) is 11.5 Å². The highest BCUT2D eigenvalue weighted by Crippen LogP contribution is 2.26. The fraction of sp³-hybridized carbons (Fsp3) is 0.421. The zero-order chi connectivity index (χ0) is 20.1. The molecule has 1 atom stereocenters. The summed E-state index contributed by atoms with van der Waals surface area (Å²) in [5, 5.41) is 9.21. The summed E-state index contributed by atoms with van der Waals surface area (Å²) in [4.78, 5) is 19.4. The molecule has 0 spiro atoms. The summed E-state index contributed by atoms with van der Waals surface area (Å²) in [6.07, 6.45) is 2.06. The fourth-order valence-corrected chi connectivity index (χ4v) is 4.37. The number of piperidine rings is 1. The number of aryl methyl sites for hydroxylation is 2. The van der Waals surface area contributed by atoms with Crippen LogP contribution in [0.4, 0.5) is 0 Å². The summed E-state index contributed by atoms with van der Waals surface area (Å²) in [7, 11) is 1.73. The third kappa shape index (κ3) is 2.99. The van der Waals surface area contributed by atoms with Gasteiger partial charge in [-0.2, -0.15) is 4.98 Å². The average Bonchev–Trinajstić information content (AvgIpc) is 3.30. The van der Waals surface area contributed by atoms with Crippen molar-refractivity contribution >= 4 is 28.9 Å². The number of nitrogens with zero attached hydrogens (tertiary/aromatic N) is 7. The molecule has 5 rings (SSSR count). The molecule has 0 amide bonds. The van der Waals surface area contributed by atoms with Crippen molar-refractivity contribution in [2.75, 3.05) is 13.1 Å². The van der Waals surface area contributed by atoms with Crippen molar-refractivity contribution in [1.29, 1.82) is 0 Å². The lowest BCUT2D eigenvalue weighted by Gasteiger charge is -2.30. The van der Waals surface area contributed by atoms with Crippen LogP contribution < -0.4 is 5.56 Å². The van der Waals surface area contributed by atoms with Gasteiger partial charge in [0.25, 0.3) is 5.56 Å². The highest BCUT2D eigenvalue weighted by molar-refractivity contribution is 7.71. The van der Waals surface area contributed by atoms with Crippen molar-refractivity contribution in [2.45, 2.75) is 32.4 Å². The highest BCUT2D eigenvalue weighted by atomic mass is 32.1. The van der Waals surface area contributed by atoms with E-state index in [1.165, 1.54) is 0 Å². The number of fused-ring (bicyclic) bond motifs is 3. The lowest BCUT2D eigenvalue weighted by atomic mass is 9.98. The van der Waals surface area contributed by atoms with Crippen LogP contribution in [0.1, 0.15) is 30.5 Å². The number of para-hydroxylation sites is 1. The smallest absolute Gasteiger partial charge is 0.262 e. The second-order valence-electron chi connectivity index (χ2n) is 7.54. The van der Waals surface area contributed by atoms with Gasteiger partial charge in [0.15, 0.2) is 5.82 Å². The minimum Gasteiger partial charge on any atom is -0.339 e. The van der Waals surface area contributed by atoms with Crippen LogP contribution in [0.5, 0.6) is 0 Å². The van der Waals surface area contributed by atoms with Crippen molar-refractivity contribution in [3.05, 3.63) is 51.1 Å². The molecule has 0 aliphatic carbocycles. The molecule has 4 heterocycles. The maximum Gasteiger partial charge on any atom is 0.262 e. The molecule has 0 radical (unpaired) electrons. The van der Waals surface area contributed by atoms with Gasteiger partial charge in [-0.05, 0) is 50.7 Å². The zero-order valence-corrected chi connectivity index (χ0v) is 17.1. The van der Waals surface area contributed by atoms with Crippen LogP contribution in [-0.4, -0.2) is 46.9 Å². The van der Waals surface area contributed by atoms with Crippen LogP contribution in [0.15, 0.2) is 33.6 Å². The molecule has 1 aliphatic heterocycles. The summed E-state index contributed by atoms with van der Waals surface area (Å²) in [6.45, 7) is 4.13. The summed E-state index contributed by atoms with van der Waals surface area (Å²) in [5.74, 6) is 2.10. The molecule has 0 N–H and O–H groups in total. The lowest BCUT2D eigenvalue weighted by Crippen LogP contribution is -2.36. The Morgan fingerprint density at radius 3 is 2.93 bits per heavy atom. The minimum absolute atomic E-state index is 0.0787. The van der Waals surface area contributed by atoms with Gasteiger partial charge in [-0.15, -0.1) is 5.10 Å². The molecule has 150 valence electrons. The Balaban J connectivity index is 1.52. The molecule has 9 nitrogen and oxygen atoms in total. The summed E-state index contributed by atoms with van der Waals surface area (Å²) < 4.78 is 11.2. The standard InChI is InChI=1S/C19H21N7O2S/c1-12-20-16(28-22-12)13-6-5-9-24(10-13)11-25-19(29)26-15-8-4-3-7-14(15)17(27)23(2)18(26)21-25/h3-4,7-8,13H,5-6,9-11H2,1-2H3. The van der Waals surface area contributed by atoms with E-state index in [1.54, 1.807) is 16.3 Å². The van der Waals surface area contributed by atoms with Crippen LogP contribution in [0.2, 0.25) is 0 Å². The van der Waals surface area contributed by atoms with Gasteiger partial charge in [-0.25, -0.2) is 4.68 Å². The van der Waals surface area contributed by atoms with E-state index in [9.17, 15) is 4.79 Å². The van der Waals surface area contributed by atoms with E-state index in [4.69, 9.17) is 16.7 Å². The Morgan fingerprint density at radius 1 is 1.31 bits per heavy atom. The third-order valence-electron chi connectivity index (χ3n) is 5.53. The minimum atomic E-state index is -0.0787. The Morgan fingerprint density at radius 2 is 2.14 bits per heavy atom. The number of benzene rings is 1. The second-order valence-corrected chi connectivity index (χ2v) is 7.90. The van der Waals surface area contributed by atoms with Gasteiger partial charge in [-0.1, -0.05) is 17.3 Å². The lowest BCUT2D eigenvalue weighted by molar-refractivity contribution is 0.143. The zero-order valence-electron chi connectivity index (χ0n) is 16.3. The highest BCUT2D eigenvalue weighted by Gasteiger charge is 2.26. The molecular weight excluding hydrogens is 390 g/mol. The van der Waals surface area contributed by atoms with Crippen LogP contribution >= 0.6 is 12.2 Å². The Bertz CT molecular complexity index is 1330. The van der Waals surface area contributed by atoms with Gasteiger partial charge in [0.2, 0.25) is 16.4 Å². The van der Waals surface area contributed by atoms with E-state index >= 15 is 0 Å². The molecule has 0 bridgehead atoms. The van der Waals surface area contributed by atoms with Gasteiger partial charge in [0.1, 0.15) is 0 Å². The maximum absolute atomic E-state index is 12.7. The van der Waals surface area contributed by atoms with Crippen LogP contribution in [0.25, 0.3) is 16.7 Å². The predicted octanol–water partition coefficient (Wildman–Crippen LogP) is 2.25. The number of aromatic nitrogens is 6. The summed E-state index contributed by atoms with van der Waals surface area (Å²) in [6, 6.07) is 7.48. The van der Waals surface area contributed by atoms with Crippen LogP contribution in [0.3, 0.4) is 0 Å². The first-order chi connectivity index (χ1) is 14.0. The summed E-state index contributed by atoms with van der Waals surface area (Å²) >= 11 is 5.73. The Kier molecular flexibility index (Phi) is 4.32. The second kappa shape index (κ2) is 6.89. The van der Waals surface area contributed by atoms with Crippen molar-refractivity contribution in [2.24, 2.45) is 7.05 Å². The molecule has 1 unspecified atom stereocenters. The third-order valence-corrected chi connectivity index (χ3v) is 5.93. The predicted molar refractivity (Wildman–Crippen MR) is 109 cm³/mol. The number of hydrogen-bond donors (Lipinski definition) is 0. The van der Waals surface area contributed by atoms with Crippen LogP contribution in [-0.2, 0) is 13.7 Å².